The van der Waals surface area contributed by atoms with E-state index in [2.05, 4.69) is 15.6 Å². The summed E-state index contributed by atoms with van der Waals surface area (Å²) in [5, 5.41) is 5.01. The van der Waals surface area contributed by atoms with Gasteiger partial charge in [-0.05, 0) is 54.8 Å². The van der Waals surface area contributed by atoms with Crippen LogP contribution in [0, 0.1) is 6.92 Å². The fourth-order valence-corrected chi connectivity index (χ4v) is 3.40. The van der Waals surface area contributed by atoms with Crippen molar-refractivity contribution >= 4 is 17.5 Å². The van der Waals surface area contributed by atoms with E-state index in [0.29, 0.717) is 17.9 Å². The van der Waals surface area contributed by atoms with Gasteiger partial charge in [0.1, 0.15) is 29.5 Å². The normalized spacial score (nSPS) is 11.1. The SMILES string of the molecule is CNC(=O)c1cc(Oc2ccc(CCC(=O)Nc3cc(C(F)(F)F)ccc3OCCN)cc2C)ccn1. The first-order valence-corrected chi connectivity index (χ1v) is 11.4. The molecule has 37 heavy (non-hydrogen) atoms. The van der Waals surface area contributed by atoms with Gasteiger partial charge in [-0.25, -0.2) is 0 Å². The van der Waals surface area contributed by atoms with Crippen molar-refractivity contribution in [2.45, 2.75) is 25.9 Å². The number of nitrogens with two attached hydrogens (primary N) is 1. The second-order valence-electron chi connectivity index (χ2n) is 8.05. The molecule has 0 radical (unpaired) electrons. The van der Waals surface area contributed by atoms with Crippen molar-refractivity contribution in [1.29, 1.82) is 0 Å². The average molecular weight is 517 g/mol. The number of hydrogen-bond donors (Lipinski definition) is 3. The fourth-order valence-electron chi connectivity index (χ4n) is 3.40. The van der Waals surface area contributed by atoms with E-state index in [1.54, 1.807) is 18.2 Å². The first-order chi connectivity index (χ1) is 17.6. The zero-order valence-corrected chi connectivity index (χ0v) is 20.3. The molecular formula is C26H27F3N4O4. The lowest BCUT2D eigenvalue weighted by Gasteiger charge is -2.15. The molecule has 0 fully saturated rings. The third kappa shape index (κ3) is 7.68. The molecular weight excluding hydrogens is 489 g/mol. The second kappa shape index (κ2) is 12.2. The van der Waals surface area contributed by atoms with Crippen LogP contribution in [0.15, 0.2) is 54.7 Å². The number of nitrogens with one attached hydrogen (secondary N) is 2. The third-order valence-electron chi connectivity index (χ3n) is 5.26. The maximum absolute atomic E-state index is 13.1. The zero-order valence-electron chi connectivity index (χ0n) is 20.3. The number of anilines is 1. The maximum Gasteiger partial charge on any atom is 0.416 e. The van der Waals surface area contributed by atoms with Gasteiger partial charge >= 0.3 is 6.18 Å². The van der Waals surface area contributed by atoms with Gasteiger partial charge in [0.15, 0.2) is 0 Å². The van der Waals surface area contributed by atoms with Crippen molar-refractivity contribution in [1.82, 2.24) is 10.3 Å². The van der Waals surface area contributed by atoms with Crippen LogP contribution >= 0.6 is 0 Å². The van der Waals surface area contributed by atoms with Crippen molar-refractivity contribution < 1.29 is 32.2 Å². The van der Waals surface area contributed by atoms with Crippen LogP contribution in [-0.2, 0) is 17.4 Å². The number of pyridine rings is 1. The topological polar surface area (TPSA) is 116 Å². The largest absolute Gasteiger partial charge is 0.490 e. The average Bonchev–Trinajstić information content (AvgIpc) is 2.87. The van der Waals surface area contributed by atoms with E-state index in [9.17, 15) is 22.8 Å². The Kier molecular flexibility index (Phi) is 9.07. The maximum atomic E-state index is 13.1. The molecule has 0 saturated carbocycles. The van der Waals surface area contributed by atoms with E-state index in [1.165, 1.54) is 19.3 Å². The van der Waals surface area contributed by atoms with Gasteiger partial charge in [-0.1, -0.05) is 12.1 Å². The highest BCUT2D eigenvalue weighted by molar-refractivity contribution is 5.93. The Labute approximate surface area is 212 Å². The molecule has 0 spiro atoms. The minimum Gasteiger partial charge on any atom is -0.490 e. The minimum absolute atomic E-state index is 0.0338. The molecule has 0 bridgehead atoms. The molecule has 3 rings (SSSR count). The Bertz CT molecular complexity index is 1260. The van der Waals surface area contributed by atoms with Gasteiger partial charge in [0.2, 0.25) is 5.91 Å². The number of amides is 2. The molecule has 2 amide bonds. The van der Waals surface area contributed by atoms with E-state index in [4.69, 9.17) is 15.2 Å². The zero-order chi connectivity index (χ0) is 27.0. The van der Waals surface area contributed by atoms with Crippen molar-refractivity contribution in [3.63, 3.8) is 0 Å². The number of carbonyl (C=O) groups excluding carboxylic acids is 2. The third-order valence-corrected chi connectivity index (χ3v) is 5.26. The summed E-state index contributed by atoms with van der Waals surface area (Å²) in [5.74, 6) is 0.317. The summed E-state index contributed by atoms with van der Waals surface area (Å²) in [6.45, 7) is 2.10. The van der Waals surface area contributed by atoms with Gasteiger partial charge in [0.25, 0.3) is 5.91 Å². The molecule has 3 aromatic rings. The highest BCUT2D eigenvalue weighted by atomic mass is 19.4. The highest BCUT2D eigenvalue weighted by Crippen LogP contribution is 2.35. The first kappa shape index (κ1) is 27.5. The van der Waals surface area contributed by atoms with Gasteiger partial charge in [0, 0.05) is 32.3 Å². The molecule has 0 aliphatic rings. The molecule has 0 unspecified atom stereocenters. The molecule has 2 aromatic carbocycles. The van der Waals surface area contributed by atoms with Crippen molar-refractivity contribution in [3.8, 4) is 17.2 Å². The summed E-state index contributed by atoms with van der Waals surface area (Å²) in [5.41, 5.74) is 6.30. The molecule has 11 heteroatoms. The van der Waals surface area contributed by atoms with Crippen LogP contribution in [0.5, 0.6) is 17.2 Å². The lowest BCUT2D eigenvalue weighted by atomic mass is 10.1. The molecule has 1 heterocycles. The van der Waals surface area contributed by atoms with Gasteiger partial charge in [-0.15, -0.1) is 0 Å². The molecule has 0 aliphatic carbocycles. The van der Waals surface area contributed by atoms with Crippen LogP contribution in [0.4, 0.5) is 18.9 Å². The van der Waals surface area contributed by atoms with Crippen molar-refractivity contribution in [2.24, 2.45) is 5.73 Å². The lowest BCUT2D eigenvalue weighted by Crippen LogP contribution is -2.18. The second-order valence-corrected chi connectivity index (χ2v) is 8.05. The quantitative estimate of drug-likeness (QED) is 0.366. The Morgan fingerprint density at radius 2 is 1.81 bits per heavy atom. The number of carbonyl (C=O) groups is 2. The summed E-state index contributed by atoms with van der Waals surface area (Å²) in [6, 6.07) is 11.4. The summed E-state index contributed by atoms with van der Waals surface area (Å²) in [4.78, 5) is 28.3. The molecule has 1 aromatic heterocycles. The predicted molar refractivity (Wildman–Crippen MR) is 132 cm³/mol. The van der Waals surface area contributed by atoms with Gasteiger partial charge in [-0.2, -0.15) is 13.2 Å². The number of aromatic nitrogens is 1. The number of aryl methyl sites for hydroxylation is 2. The Balaban J connectivity index is 1.65. The summed E-state index contributed by atoms with van der Waals surface area (Å²) >= 11 is 0. The van der Waals surface area contributed by atoms with Gasteiger partial charge in [0.05, 0.1) is 11.3 Å². The number of nitrogens with zero attached hydrogens (tertiary/aromatic N) is 1. The first-order valence-electron chi connectivity index (χ1n) is 11.4. The number of benzene rings is 2. The molecule has 0 saturated heterocycles. The predicted octanol–water partition coefficient (Wildman–Crippen LogP) is 4.47. The van der Waals surface area contributed by atoms with E-state index >= 15 is 0 Å². The summed E-state index contributed by atoms with van der Waals surface area (Å²) < 4.78 is 50.6. The highest BCUT2D eigenvalue weighted by Gasteiger charge is 2.31. The monoisotopic (exact) mass is 516 g/mol. The molecule has 8 nitrogen and oxygen atoms in total. The van der Waals surface area contributed by atoms with Crippen LogP contribution in [0.1, 0.15) is 33.6 Å². The number of halogens is 3. The van der Waals surface area contributed by atoms with E-state index in [0.717, 1.165) is 29.3 Å². The van der Waals surface area contributed by atoms with Crippen LogP contribution in [-0.4, -0.2) is 37.0 Å². The summed E-state index contributed by atoms with van der Waals surface area (Å²) in [7, 11) is 1.51. The molecule has 0 atom stereocenters. The number of alkyl halides is 3. The van der Waals surface area contributed by atoms with Crippen LogP contribution in [0.3, 0.4) is 0 Å². The Morgan fingerprint density at radius 3 is 2.49 bits per heavy atom. The Hall–Kier alpha value is -4.12. The lowest BCUT2D eigenvalue weighted by molar-refractivity contribution is -0.137. The fraction of sp³-hybridized carbons (Fsp3) is 0.269. The number of ether oxygens (including phenoxy) is 2. The standard InChI is InChI=1S/C26H27F3N4O4/c1-16-13-17(3-6-22(16)37-19-9-11-32-21(15-19)25(35)31-2)4-8-24(34)33-20-14-18(26(27,28)29)5-7-23(20)36-12-10-30/h3,5-7,9,11,13-15H,4,8,10,12,30H2,1-2H3,(H,31,35)(H,33,34). The van der Waals surface area contributed by atoms with Gasteiger partial charge < -0.3 is 25.8 Å². The number of rotatable bonds is 10. The Morgan fingerprint density at radius 1 is 1.05 bits per heavy atom. The van der Waals surface area contributed by atoms with Crippen LogP contribution < -0.4 is 25.8 Å². The van der Waals surface area contributed by atoms with E-state index in [1.807, 2.05) is 13.0 Å². The van der Waals surface area contributed by atoms with E-state index < -0.39 is 17.6 Å². The molecule has 196 valence electrons. The van der Waals surface area contributed by atoms with Crippen molar-refractivity contribution in [2.75, 3.05) is 25.5 Å². The molecule has 0 aliphatic heterocycles. The van der Waals surface area contributed by atoms with Crippen molar-refractivity contribution in [3.05, 3.63) is 77.1 Å². The smallest absolute Gasteiger partial charge is 0.416 e. The minimum atomic E-state index is -4.56. The summed E-state index contributed by atoms with van der Waals surface area (Å²) in [6.07, 6.45) is -2.71. The van der Waals surface area contributed by atoms with Gasteiger partial charge in [-0.3, -0.25) is 14.6 Å². The number of hydrogen-bond acceptors (Lipinski definition) is 6. The van der Waals surface area contributed by atoms with Crippen LogP contribution in [0.25, 0.3) is 0 Å². The van der Waals surface area contributed by atoms with Crippen LogP contribution in [0.2, 0.25) is 0 Å². The van der Waals surface area contributed by atoms with E-state index in [-0.39, 0.29) is 42.6 Å². The molecule has 4 N–H and O–H groups in total.